The van der Waals surface area contributed by atoms with Crippen molar-refractivity contribution >= 4 is 23.2 Å². The molecule has 0 aliphatic heterocycles. The van der Waals surface area contributed by atoms with E-state index in [1.807, 2.05) is 13.8 Å². The van der Waals surface area contributed by atoms with Gasteiger partial charge in [-0.3, -0.25) is 4.79 Å². The number of nitrogens with two attached hydrogens (primary N) is 1. The number of nitrogen functional groups attached to an aromatic ring is 1. The molecule has 1 amide bonds. The van der Waals surface area contributed by atoms with Crippen LogP contribution in [-0.4, -0.2) is 28.6 Å². The molecule has 6 heteroatoms. The Morgan fingerprint density at radius 2 is 2.29 bits per heavy atom. The second kappa shape index (κ2) is 5.84. The summed E-state index contributed by atoms with van der Waals surface area (Å²) in [6, 6.07) is 1.31. The number of pyridine rings is 1. The van der Waals surface area contributed by atoms with E-state index in [0.29, 0.717) is 5.69 Å². The molecule has 0 aliphatic rings. The summed E-state index contributed by atoms with van der Waals surface area (Å²) >= 11 is 5.81. The summed E-state index contributed by atoms with van der Waals surface area (Å²) in [4.78, 5) is 15.7. The number of halogens is 1. The summed E-state index contributed by atoms with van der Waals surface area (Å²) in [6.45, 7) is 3.65. The van der Waals surface area contributed by atoms with Crippen molar-refractivity contribution in [2.24, 2.45) is 5.92 Å². The fourth-order valence-corrected chi connectivity index (χ4v) is 1.40. The average molecular weight is 258 g/mol. The number of anilines is 1. The highest BCUT2D eigenvalue weighted by atomic mass is 35.5. The number of carbonyl (C=O) groups excluding carboxylic acids is 1. The van der Waals surface area contributed by atoms with Crippen LogP contribution in [0.5, 0.6) is 0 Å². The lowest BCUT2D eigenvalue weighted by atomic mass is 10.0. The summed E-state index contributed by atoms with van der Waals surface area (Å²) in [6.07, 6.45) is 1.39. The molecule has 0 bridgehead atoms. The molecule has 94 valence electrons. The van der Waals surface area contributed by atoms with Crippen LogP contribution in [0.25, 0.3) is 0 Å². The third-order valence-electron chi connectivity index (χ3n) is 2.61. The van der Waals surface area contributed by atoms with Gasteiger partial charge in [-0.15, -0.1) is 0 Å². The molecular formula is C11H16ClN3O2. The molecule has 0 aliphatic carbocycles. The molecule has 0 fully saturated rings. The van der Waals surface area contributed by atoms with Crippen LogP contribution >= 0.6 is 11.6 Å². The minimum absolute atomic E-state index is 0.00432. The van der Waals surface area contributed by atoms with Crippen molar-refractivity contribution in [1.82, 2.24) is 10.3 Å². The van der Waals surface area contributed by atoms with E-state index in [1.54, 1.807) is 0 Å². The highest BCUT2D eigenvalue weighted by Gasteiger charge is 2.17. The fourth-order valence-electron chi connectivity index (χ4n) is 1.21. The normalized spacial score (nSPS) is 14.1. The molecule has 17 heavy (non-hydrogen) atoms. The molecule has 5 nitrogen and oxygen atoms in total. The first-order valence-electron chi connectivity index (χ1n) is 5.28. The van der Waals surface area contributed by atoms with Gasteiger partial charge in [0.15, 0.2) is 0 Å². The molecule has 2 atom stereocenters. The Hall–Kier alpha value is -1.33. The average Bonchev–Trinajstić information content (AvgIpc) is 2.30. The quantitative estimate of drug-likeness (QED) is 0.704. The van der Waals surface area contributed by atoms with Gasteiger partial charge in [0.05, 0.1) is 17.4 Å². The Morgan fingerprint density at radius 1 is 1.65 bits per heavy atom. The number of carbonyl (C=O) groups is 1. The van der Waals surface area contributed by atoms with Gasteiger partial charge in [0.1, 0.15) is 5.15 Å². The molecule has 0 spiro atoms. The number of hydrogen-bond acceptors (Lipinski definition) is 4. The van der Waals surface area contributed by atoms with Crippen LogP contribution in [0, 0.1) is 5.92 Å². The Bertz CT molecular complexity index is 412. The predicted octanol–water partition coefficient (Wildman–Crippen LogP) is 1.06. The molecule has 0 saturated carbocycles. The number of aliphatic hydroxyl groups excluding tert-OH is 1. The Kier molecular flexibility index (Phi) is 4.72. The monoisotopic (exact) mass is 257 g/mol. The maximum atomic E-state index is 11.9. The first kappa shape index (κ1) is 13.7. The SMILES string of the molecule is CC(CO)C(C)NC(=O)c1cc(N)cnc1Cl. The molecule has 1 heterocycles. The zero-order valence-corrected chi connectivity index (χ0v) is 10.5. The third kappa shape index (κ3) is 3.57. The van der Waals surface area contributed by atoms with E-state index in [0.717, 1.165) is 0 Å². The van der Waals surface area contributed by atoms with Crippen molar-refractivity contribution in [3.8, 4) is 0 Å². The fraction of sp³-hybridized carbons (Fsp3) is 0.455. The van der Waals surface area contributed by atoms with Gasteiger partial charge in [-0.2, -0.15) is 0 Å². The lowest BCUT2D eigenvalue weighted by Crippen LogP contribution is -2.38. The number of aromatic nitrogens is 1. The zero-order chi connectivity index (χ0) is 13.0. The van der Waals surface area contributed by atoms with Crippen molar-refractivity contribution in [2.45, 2.75) is 19.9 Å². The van der Waals surface area contributed by atoms with Crippen molar-refractivity contribution in [1.29, 1.82) is 0 Å². The van der Waals surface area contributed by atoms with Crippen LogP contribution in [0.4, 0.5) is 5.69 Å². The zero-order valence-electron chi connectivity index (χ0n) is 9.77. The van der Waals surface area contributed by atoms with Crippen LogP contribution in [-0.2, 0) is 0 Å². The van der Waals surface area contributed by atoms with E-state index in [2.05, 4.69) is 10.3 Å². The Balaban J connectivity index is 2.79. The van der Waals surface area contributed by atoms with E-state index in [9.17, 15) is 4.79 Å². The summed E-state index contributed by atoms with van der Waals surface area (Å²) in [5.74, 6) is -0.380. The van der Waals surface area contributed by atoms with Crippen LogP contribution in [0.15, 0.2) is 12.3 Å². The molecule has 1 aromatic rings. The molecule has 4 N–H and O–H groups in total. The largest absolute Gasteiger partial charge is 0.397 e. The second-order valence-corrected chi connectivity index (χ2v) is 4.39. The molecule has 0 aromatic carbocycles. The van der Waals surface area contributed by atoms with Gasteiger partial charge >= 0.3 is 0 Å². The first-order chi connectivity index (χ1) is 7.95. The van der Waals surface area contributed by atoms with Crippen molar-refractivity contribution in [2.75, 3.05) is 12.3 Å². The van der Waals surface area contributed by atoms with Gasteiger partial charge in [0, 0.05) is 12.6 Å². The molecule has 0 radical (unpaired) electrons. The summed E-state index contributed by atoms with van der Waals surface area (Å²) in [7, 11) is 0. The lowest BCUT2D eigenvalue weighted by Gasteiger charge is -2.19. The van der Waals surface area contributed by atoms with Crippen molar-refractivity contribution < 1.29 is 9.90 Å². The number of nitrogens with zero attached hydrogens (tertiary/aromatic N) is 1. The minimum Gasteiger partial charge on any atom is -0.397 e. The van der Waals surface area contributed by atoms with Crippen molar-refractivity contribution in [3.05, 3.63) is 23.0 Å². The smallest absolute Gasteiger partial charge is 0.254 e. The number of rotatable bonds is 4. The number of amides is 1. The second-order valence-electron chi connectivity index (χ2n) is 4.03. The highest BCUT2D eigenvalue weighted by Crippen LogP contribution is 2.16. The molecule has 2 unspecified atom stereocenters. The number of nitrogens with one attached hydrogen (secondary N) is 1. The van der Waals surface area contributed by atoms with Gasteiger partial charge in [0.2, 0.25) is 0 Å². The van der Waals surface area contributed by atoms with Crippen LogP contribution in [0.1, 0.15) is 24.2 Å². The van der Waals surface area contributed by atoms with Gasteiger partial charge in [-0.1, -0.05) is 18.5 Å². The van der Waals surface area contributed by atoms with E-state index < -0.39 is 0 Å². The van der Waals surface area contributed by atoms with E-state index in [1.165, 1.54) is 12.3 Å². The summed E-state index contributed by atoms with van der Waals surface area (Å²) in [5, 5.41) is 11.8. The number of hydrogen-bond donors (Lipinski definition) is 3. The lowest BCUT2D eigenvalue weighted by molar-refractivity contribution is 0.0916. The van der Waals surface area contributed by atoms with Gasteiger partial charge in [0.25, 0.3) is 5.91 Å². The minimum atomic E-state index is -0.345. The molecular weight excluding hydrogens is 242 g/mol. The van der Waals surface area contributed by atoms with Gasteiger partial charge in [-0.25, -0.2) is 4.98 Å². The molecule has 1 aromatic heterocycles. The maximum Gasteiger partial charge on any atom is 0.254 e. The Morgan fingerprint density at radius 3 is 2.88 bits per heavy atom. The highest BCUT2D eigenvalue weighted by molar-refractivity contribution is 6.32. The topological polar surface area (TPSA) is 88.2 Å². The third-order valence-corrected chi connectivity index (χ3v) is 2.91. The van der Waals surface area contributed by atoms with Crippen LogP contribution < -0.4 is 11.1 Å². The van der Waals surface area contributed by atoms with Gasteiger partial charge < -0.3 is 16.2 Å². The maximum absolute atomic E-state index is 11.9. The van der Waals surface area contributed by atoms with E-state index >= 15 is 0 Å². The van der Waals surface area contributed by atoms with Crippen LogP contribution in [0.2, 0.25) is 5.15 Å². The van der Waals surface area contributed by atoms with E-state index in [-0.39, 0.29) is 35.2 Å². The van der Waals surface area contributed by atoms with Gasteiger partial charge in [-0.05, 0) is 18.9 Å². The summed E-state index contributed by atoms with van der Waals surface area (Å²) < 4.78 is 0. The Labute approximate surface area is 105 Å². The van der Waals surface area contributed by atoms with Crippen molar-refractivity contribution in [3.63, 3.8) is 0 Å². The molecule has 1 rings (SSSR count). The number of aliphatic hydroxyl groups is 1. The summed E-state index contributed by atoms with van der Waals surface area (Å²) in [5.41, 5.74) is 6.16. The standard InChI is InChI=1S/C11H16ClN3O2/c1-6(5-16)7(2)15-11(17)9-3-8(13)4-14-10(9)12/h3-4,6-7,16H,5,13H2,1-2H3,(H,15,17). The first-order valence-corrected chi connectivity index (χ1v) is 5.66. The van der Waals surface area contributed by atoms with E-state index in [4.69, 9.17) is 22.4 Å². The predicted molar refractivity (Wildman–Crippen MR) is 66.8 cm³/mol. The molecule has 0 saturated heterocycles. The van der Waals surface area contributed by atoms with Crippen LogP contribution in [0.3, 0.4) is 0 Å².